The Bertz CT molecular complexity index is 637. The molecule has 1 aromatic heterocycles. The lowest BCUT2D eigenvalue weighted by Crippen LogP contribution is -3.00. The summed E-state index contributed by atoms with van der Waals surface area (Å²) in [7, 11) is 0. The summed E-state index contributed by atoms with van der Waals surface area (Å²) in [4.78, 5) is 16.2. The summed E-state index contributed by atoms with van der Waals surface area (Å²) in [6.07, 6.45) is 2.16. The van der Waals surface area contributed by atoms with Crippen LogP contribution in [0.4, 0.5) is 11.4 Å². The van der Waals surface area contributed by atoms with Gasteiger partial charge in [-0.05, 0) is 12.1 Å². The molecule has 2 rings (SSSR count). The Morgan fingerprint density at radius 3 is 2.30 bits per heavy atom. The second-order valence-corrected chi connectivity index (χ2v) is 4.74. The normalized spacial score (nSPS) is 13.4. The Balaban J connectivity index is 2.06. The number of nitrogens with one attached hydrogen (secondary N) is 3. The van der Waals surface area contributed by atoms with Crippen molar-refractivity contribution in [3.63, 3.8) is 0 Å². The van der Waals surface area contributed by atoms with Crippen LogP contribution in [0.3, 0.4) is 0 Å². The van der Waals surface area contributed by atoms with E-state index in [1.807, 2.05) is 12.1 Å². The minimum Gasteiger partial charge on any atom is -0.595 e. The maximum absolute atomic E-state index is 12.1. The van der Waals surface area contributed by atoms with E-state index < -0.39 is 16.4 Å². The highest BCUT2D eigenvalue weighted by Crippen LogP contribution is 2.13. The summed E-state index contributed by atoms with van der Waals surface area (Å²) in [5, 5.41) is 40.0. The molecule has 1 heterocycles. The molecule has 122 valence electrons. The highest BCUT2D eigenvalue weighted by Gasteiger charge is 2.15. The number of hydrogen-bond acceptors (Lipinski definition) is 6. The number of benzene rings is 1. The van der Waals surface area contributed by atoms with Gasteiger partial charge in [0.1, 0.15) is 0 Å². The zero-order valence-electron chi connectivity index (χ0n) is 12.0. The van der Waals surface area contributed by atoms with Gasteiger partial charge in [0.15, 0.2) is 11.4 Å². The highest BCUT2D eigenvalue weighted by molar-refractivity contribution is 5.95. The van der Waals surface area contributed by atoms with Crippen LogP contribution in [-0.2, 0) is 6.42 Å². The van der Waals surface area contributed by atoms with Crippen molar-refractivity contribution in [1.29, 1.82) is 0 Å². The standard InChI is InChI=1S/C14H16N4O5/c19-14(16-6-4-11-3-1-2-5-15-11)10-7-12(17(20)21)9-13(8-10)18(22)23/h1-3,5,7-9,17-18,20,22H,4,6H2,(H,16,19). The van der Waals surface area contributed by atoms with E-state index in [0.29, 0.717) is 13.0 Å². The average molecular weight is 320 g/mol. The van der Waals surface area contributed by atoms with Gasteiger partial charge in [0.05, 0.1) is 11.6 Å². The second-order valence-electron chi connectivity index (χ2n) is 4.74. The number of quaternary nitrogens is 2. The first kappa shape index (κ1) is 17.0. The molecule has 9 nitrogen and oxygen atoms in total. The van der Waals surface area contributed by atoms with Crippen molar-refractivity contribution >= 4 is 17.3 Å². The Kier molecular flexibility index (Phi) is 5.71. The molecule has 0 spiro atoms. The topological polar surface area (TPSA) is 137 Å². The molecule has 0 aliphatic heterocycles. The van der Waals surface area contributed by atoms with E-state index in [1.165, 1.54) is 0 Å². The van der Waals surface area contributed by atoms with E-state index in [2.05, 4.69) is 10.3 Å². The summed E-state index contributed by atoms with van der Waals surface area (Å²) in [5.41, 5.74) is 0.293. The monoisotopic (exact) mass is 320 g/mol. The van der Waals surface area contributed by atoms with Gasteiger partial charge >= 0.3 is 0 Å². The lowest BCUT2D eigenvalue weighted by molar-refractivity contribution is -0.996. The molecule has 1 aromatic carbocycles. The quantitative estimate of drug-likeness (QED) is 0.427. The van der Waals surface area contributed by atoms with Gasteiger partial charge in [-0.15, -0.1) is 0 Å². The number of pyridine rings is 1. The third-order valence-electron chi connectivity index (χ3n) is 3.08. The fourth-order valence-corrected chi connectivity index (χ4v) is 1.96. The third kappa shape index (κ3) is 4.79. The summed E-state index contributed by atoms with van der Waals surface area (Å²) in [5.74, 6) is -0.536. The number of carbonyl (C=O) groups excluding carboxylic acids is 1. The summed E-state index contributed by atoms with van der Waals surface area (Å²) < 4.78 is 0. The fraction of sp³-hybridized carbons (Fsp3) is 0.143. The first-order valence-electron chi connectivity index (χ1n) is 6.77. The van der Waals surface area contributed by atoms with Crippen LogP contribution in [0.5, 0.6) is 0 Å². The molecule has 5 N–H and O–H groups in total. The summed E-state index contributed by atoms with van der Waals surface area (Å²) >= 11 is 0. The van der Waals surface area contributed by atoms with Gasteiger partial charge in [-0.3, -0.25) is 9.78 Å². The number of carbonyl (C=O) groups is 1. The molecule has 0 aliphatic rings. The van der Waals surface area contributed by atoms with E-state index in [1.54, 1.807) is 12.3 Å². The predicted octanol–water partition coefficient (Wildman–Crippen LogP) is -1.14. The summed E-state index contributed by atoms with van der Waals surface area (Å²) in [6, 6.07) is 8.73. The molecule has 0 saturated heterocycles. The van der Waals surface area contributed by atoms with Crippen LogP contribution in [0.1, 0.15) is 16.1 Å². The number of rotatable bonds is 6. The average Bonchev–Trinajstić information content (AvgIpc) is 2.55. The first-order chi connectivity index (χ1) is 11.0. The Hall–Kier alpha value is -2.40. The number of hydrogen-bond donors (Lipinski definition) is 5. The molecule has 0 radical (unpaired) electrons. The van der Waals surface area contributed by atoms with Crippen molar-refractivity contribution in [3.05, 3.63) is 64.3 Å². The van der Waals surface area contributed by atoms with Crippen molar-refractivity contribution in [1.82, 2.24) is 10.3 Å². The Morgan fingerprint density at radius 1 is 1.13 bits per heavy atom. The lowest BCUT2D eigenvalue weighted by Gasteiger charge is -2.17. The van der Waals surface area contributed by atoms with Crippen LogP contribution in [-0.4, -0.2) is 27.9 Å². The van der Waals surface area contributed by atoms with E-state index in [4.69, 9.17) is 10.4 Å². The molecule has 23 heavy (non-hydrogen) atoms. The molecule has 9 heteroatoms. The minimum absolute atomic E-state index is 0.0108. The van der Waals surface area contributed by atoms with Crippen molar-refractivity contribution in [3.8, 4) is 0 Å². The largest absolute Gasteiger partial charge is 0.595 e. The van der Waals surface area contributed by atoms with Gasteiger partial charge in [-0.25, -0.2) is 10.4 Å². The molecule has 0 fully saturated rings. The van der Waals surface area contributed by atoms with Gasteiger partial charge in [0.2, 0.25) is 0 Å². The van der Waals surface area contributed by atoms with E-state index >= 15 is 0 Å². The van der Waals surface area contributed by atoms with Gasteiger partial charge < -0.3 is 15.7 Å². The molecule has 0 saturated carbocycles. The van der Waals surface area contributed by atoms with Crippen LogP contribution >= 0.6 is 0 Å². The molecule has 2 unspecified atom stereocenters. The number of amides is 1. The van der Waals surface area contributed by atoms with E-state index in [0.717, 1.165) is 23.9 Å². The Morgan fingerprint density at radius 2 is 1.78 bits per heavy atom. The maximum Gasteiger partial charge on any atom is 0.251 e. The molecule has 2 atom stereocenters. The van der Waals surface area contributed by atoms with Crippen LogP contribution < -0.4 is 15.8 Å². The lowest BCUT2D eigenvalue weighted by atomic mass is 10.1. The van der Waals surface area contributed by atoms with Crippen LogP contribution in [0.15, 0.2) is 42.6 Å². The molecule has 0 bridgehead atoms. The van der Waals surface area contributed by atoms with Crippen LogP contribution in [0, 0.1) is 10.4 Å². The van der Waals surface area contributed by atoms with Crippen molar-refractivity contribution in [2.75, 3.05) is 6.54 Å². The summed E-state index contributed by atoms with van der Waals surface area (Å²) in [6.45, 7) is 0.301. The van der Waals surface area contributed by atoms with Gasteiger partial charge in [0.25, 0.3) is 5.91 Å². The molecular weight excluding hydrogens is 304 g/mol. The fourth-order valence-electron chi connectivity index (χ4n) is 1.96. The number of nitrogens with zero attached hydrogens (tertiary/aromatic N) is 1. The van der Waals surface area contributed by atoms with Crippen molar-refractivity contribution < 1.29 is 25.7 Å². The number of aromatic nitrogens is 1. The SMILES string of the molecule is O=C(NCCc1ccccn1)c1cc([NH+]([O-])O)cc([NH+]([O-])O)c1. The maximum atomic E-state index is 12.1. The van der Waals surface area contributed by atoms with Crippen molar-refractivity contribution in [2.24, 2.45) is 0 Å². The molecule has 2 aromatic rings. The minimum atomic E-state index is -1.30. The Labute approximate surface area is 131 Å². The highest BCUT2D eigenvalue weighted by atomic mass is 16.8. The van der Waals surface area contributed by atoms with Crippen LogP contribution in [0.2, 0.25) is 0 Å². The van der Waals surface area contributed by atoms with E-state index in [-0.39, 0.29) is 16.9 Å². The van der Waals surface area contributed by atoms with E-state index in [9.17, 15) is 15.2 Å². The third-order valence-corrected chi connectivity index (χ3v) is 3.08. The molecular formula is C14H16N4O5. The molecule has 0 aliphatic carbocycles. The van der Waals surface area contributed by atoms with Gasteiger partial charge in [-0.1, -0.05) is 6.07 Å². The predicted molar refractivity (Wildman–Crippen MR) is 78.3 cm³/mol. The smallest absolute Gasteiger partial charge is 0.251 e. The molecule has 1 amide bonds. The van der Waals surface area contributed by atoms with Gasteiger partial charge in [0, 0.05) is 37.0 Å². The second kappa shape index (κ2) is 7.74. The van der Waals surface area contributed by atoms with Gasteiger partial charge in [-0.2, -0.15) is 10.5 Å². The zero-order valence-corrected chi connectivity index (χ0v) is 12.0. The zero-order chi connectivity index (χ0) is 16.8. The first-order valence-corrected chi connectivity index (χ1v) is 6.77. The van der Waals surface area contributed by atoms with Crippen molar-refractivity contribution in [2.45, 2.75) is 6.42 Å². The van der Waals surface area contributed by atoms with Crippen LogP contribution in [0.25, 0.3) is 0 Å².